The van der Waals surface area contributed by atoms with Crippen LogP contribution in [0, 0.1) is 0 Å². The number of hydroxylamine groups is 2. The van der Waals surface area contributed by atoms with Gasteiger partial charge in [-0.1, -0.05) is 48.5 Å². The second kappa shape index (κ2) is 8.46. The molecule has 1 aliphatic heterocycles. The van der Waals surface area contributed by atoms with Crippen molar-refractivity contribution in [2.45, 2.75) is 26.0 Å². The van der Waals surface area contributed by atoms with Crippen molar-refractivity contribution in [2.75, 3.05) is 6.73 Å². The molecule has 0 saturated carbocycles. The fourth-order valence-electron chi connectivity index (χ4n) is 2.81. The number of ether oxygens (including phenoxy) is 1. The Morgan fingerprint density at radius 2 is 1.85 bits per heavy atom. The average molecular weight is 368 g/mol. The van der Waals surface area contributed by atoms with Gasteiger partial charge in [0.15, 0.2) is 6.73 Å². The van der Waals surface area contributed by atoms with Crippen LogP contribution in [0.1, 0.15) is 28.4 Å². The Bertz CT molecular complexity index is 837. The van der Waals surface area contributed by atoms with Gasteiger partial charge in [0, 0.05) is 18.9 Å². The van der Waals surface area contributed by atoms with E-state index in [0.717, 1.165) is 16.2 Å². The molecule has 0 spiro atoms. The normalized spacial score (nSPS) is 14.7. The summed E-state index contributed by atoms with van der Waals surface area (Å²) in [4.78, 5) is 42.1. The Labute approximate surface area is 156 Å². The van der Waals surface area contributed by atoms with Crippen molar-refractivity contribution in [2.24, 2.45) is 0 Å². The van der Waals surface area contributed by atoms with Crippen LogP contribution in [0.25, 0.3) is 0 Å². The average Bonchev–Trinajstić information content (AvgIpc) is 2.81. The van der Waals surface area contributed by atoms with Crippen LogP contribution in [0.2, 0.25) is 0 Å². The zero-order valence-corrected chi connectivity index (χ0v) is 14.9. The molecule has 2 aromatic rings. The minimum absolute atomic E-state index is 0.183. The number of benzene rings is 2. The zero-order chi connectivity index (χ0) is 19.2. The van der Waals surface area contributed by atoms with Gasteiger partial charge in [0.05, 0.1) is 6.61 Å². The van der Waals surface area contributed by atoms with Gasteiger partial charge in [-0.05, 0) is 17.2 Å². The lowest BCUT2D eigenvalue weighted by Gasteiger charge is -2.22. The minimum atomic E-state index is -0.920. The van der Waals surface area contributed by atoms with E-state index in [0.29, 0.717) is 5.56 Å². The summed E-state index contributed by atoms with van der Waals surface area (Å²) in [7, 11) is 0. The van der Waals surface area contributed by atoms with E-state index in [-0.39, 0.29) is 25.7 Å². The molecule has 0 saturated heterocycles. The van der Waals surface area contributed by atoms with Gasteiger partial charge < -0.3 is 14.9 Å². The summed E-state index contributed by atoms with van der Waals surface area (Å²) in [5, 5.41) is 3.46. The maximum atomic E-state index is 12.7. The van der Waals surface area contributed by atoms with Gasteiger partial charge in [-0.2, -0.15) is 0 Å². The number of carbonyl (C=O) groups is 3. The van der Waals surface area contributed by atoms with Gasteiger partial charge >= 0.3 is 5.97 Å². The molecule has 1 atom stereocenters. The fraction of sp³-hybridized carbons (Fsp3) is 0.250. The molecular formula is C20H20N2O5. The van der Waals surface area contributed by atoms with E-state index < -0.39 is 17.9 Å². The SMILES string of the molecule is CC(=O)NC(Cc1ccccc1)C(=O)ON1COCc2ccccc2C1=O. The monoisotopic (exact) mass is 368 g/mol. The summed E-state index contributed by atoms with van der Waals surface area (Å²) < 4.78 is 5.42. The van der Waals surface area contributed by atoms with E-state index in [1.54, 1.807) is 18.2 Å². The second-order valence-electron chi connectivity index (χ2n) is 6.17. The molecule has 0 bridgehead atoms. The second-order valence-corrected chi connectivity index (χ2v) is 6.17. The number of nitrogens with zero attached hydrogens (tertiary/aromatic N) is 1. The molecule has 2 aromatic carbocycles. The molecule has 1 heterocycles. The molecule has 0 fully saturated rings. The van der Waals surface area contributed by atoms with Crippen molar-refractivity contribution in [1.29, 1.82) is 0 Å². The Balaban J connectivity index is 1.74. The Morgan fingerprint density at radius 1 is 1.15 bits per heavy atom. The molecule has 7 nitrogen and oxygen atoms in total. The molecule has 0 aromatic heterocycles. The first kappa shape index (κ1) is 18.6. The van der Waals surface area contributed by atoms with Crippen molar-refractivity contribution in [3.63, 3.8) is 0 Å². The third-order valence-electron chi connectivity index (χ3n) is 4.09. The zero-order valence-electron chi connectivity index (χ0n) is 14.9. The topological polar surface area (TPSA) is 84.9 Å². The first-order valence-corrected chi connectivity index (χ1v) is 8.55. The summed E-state index contributed by atoms with van der Waals surface area (Å²) in [5.41, 5.74) is 2.00. The Kier molecular flexibility index (Phi) is 5.83. The Morgan fingerprint density at radius 3 is 2.59 bits per heavy atom. The standard InChI is InChI=1S/C20H20N2O5/c1-14(23)21-18(11-15-7-3-2-4-8-15)20(25)27-22-13-26-12-16-9-5-6-10-17(16)19(22)24/h2-10,18H,11-13H2,1H3,(H,21,23). The minimum Gasteiger partial charge on any atom is -0.353 e. The van der Waals surface area contributed by atoms with E-state index in [1.807, 2.05) is 36.4 Å². The maximum Gasteiger partial charge on any atom is 0.355 e. The van der Waals surface area contributed by atoms with Crippen LogP contribution >= 0.6 is 0 Å². The molecule has 3 rings (SSSR count). The van der Waals surface area contributed by atoms with Gasteiger partial charge in [0.25, 0.3) is 5.91 Å². The fourth-order valence-corrected chi connectivity index (χ4v) is 2.81. The van der Waals surface area contributed by atoms with Gasteiger partial charge in [0.2, 0.25) is 5.91 Å². The summed E-state index contributed by atoms with van der Waals surface area (Å²) in [6, 6.07) is 15.3. The van der Waals surface area contributed by atoms with Crippen molar-refractivity contribution in [3.05, 3.63) is 71.3 Å². The number of hydrogen-bond donors (Lipinski definition) is 1. The van der Waals surface area contributed by atoms with Crippen LogP contribution < -0.4 is 5.32 Å². The van der Waals surface area contributed by atoms with Crippen LogP contribution in [0.15, 0.2) is 54.6 Å². The van der Waals surface area contributed by atoms with E-state index in [1.165, 1.54) is 6.92 Å². The predicted molar refractivity (Wildman–Crippen MR) is 96.1 cm³/mol. The number of carbonyl (C=O) groups excluding carboxylic acids is 3. The van der Waals surface area contributed by atoms with Gasteiger partial charge in [0.1, 0.15) is 6.04 Å². The van der Waals surface area contributed by atoms with E-state index in [9.17, 15) is 14.4 Å². The molecule has 1 N–H and O–H groups in total. The van der Waals surface area contributed by atoms with Crippen molar-refractivity contribution >= 4 is 17.8 Å². The van der Waals surface area contributed by atoms with E-state index in [2.05, 4.69) is 5.32 Å². The first-order chi connectivity index (χ1) is 13.0. The van der Waals surface area contributed by atoms with Crippen LogP contribution in [-0.4, -0.2) is 35.6 Å². The van der Waals surface area contributed by atoms with Crippen LogP contribution in [0.3, 0.4) is 0 Å². The van der Waals surface area contributed by atoms with Gasteiger partial charge in [-0.25, -0.2) is 4.79 Å². The summed E-state index contributed by atoms with van der Waals surface area (Å²) >= 11 is 0. The molecule has 0 radical (unpaired) electrons. The highest BCUT2D eigenvalue weighted by molar-refractivity contribution is 5.96. The van der Waals surface area contributed by atoms with E-state index >= 15 is 0 Å². The lowest BCUT2D eigenvalue weighted by atomic mass is 10.1. The molecule has 1 aliphatic rings. The number of rotatable bonds is 5. The van der Waals surface area contributed by atoms with Gasteiger partial charge in [-0.3, -0.25) is 9.59 Å². The van der Waals surface area contributed by atoms with E-state index in [4.69, 9.17) is 9.57 Å². The lowest BCUT2D eigenvalue weighted by molar-refractivity contribution is -0.197. The largest absolute Gasteiger partial charge is 0.355 e. The molecule has 140 valence electrons. The maximum absolute atomic E-state index is 12.7. The van der Waals surface area contributed by atoms with Crippen molar-refractivity contribution in [3.8, 4) is 0 Å². The lowest BCUT2D eigenvalue weighted by Crippen LogP contribution is -2.46. The number of fused-ring (bicyclic) bond motifs is 1. The molecule has 27 heavy (non-hydrogen) atoms. The molecule has 2 amide bonds. The smallest absolute Gasteiger partial charge is 0.353 e. The highest BCUT2D eigenvalue weighted by atomic mass is 16.7. The number of hydrogen-bond acceptors (Lipinski definition) is 5. The van der Waals surface area contributed by atoms with Crippen LogP contribution in [0.4, 0.5) is 0 Å². The number of nitrogens with one attached hydrogen (secondary N) is 1. The highest BCUT2D eigenvalue weighted by Gasteiger charge is 2.30. The van der Waals surface area contributed by atoms with Gasteiger partial charge in [-0.15, -0.1) is 5.06 Å². The van der Waals surface area contributed by atoms with Crippen molar-refractivity contribution in [1.82, 2.24) is 10.4 Å². The summed E-state index contributed by atoms with van der Waals surface area (Å²) in [6.45, 7) is 1.38. The third kappa shape index (κ3) is 4.71. The summed E-state index contributed by atoms with van der Waals surface area (Å²) in [6.07, 6.45) is 0.249. The highest BCUT2D eigenvalue weighted by Crippen LogP contribution is 2.18. The third-order valence-corrected chi connectivity index (χ3v) is 4.09. The summed E-state index contributed by atoms with van der Waals surface area (Å²) in [5.74, 6) is -1.56. The van der Waals surface area contributed by atoms with Crippen LogP contribution in [0.5, 0.6) is 0 Å². The molecular weight excluding hydrogens is 348 g/mol. The number of amides is 2. The molecule has 1 unspecified atom stereocenters. The Hall–Kier alpha value is -3.19. The molecule has 7 heteroatoms. The molecule has 0 aliphatic carbocycles. The first-order valence-electron chi connectivity index (χ1n) is 8.55. The predicted octanol–water partition coefficient (Wildman–Crippen LogP) is 1.82. The van der Waals surface area contributed by atoms with Crippen LogP contribution in [-0.2, 0) is 32.2 Å². The van der Waals surface area contributed by atoms with Crippen molar-refractivity contribution < 1.29 is 24.0 Å². The quantitative estimate of drug-likeness (QED) is 0.870.